The van der Waals surface area contributed by atoms with Gasteiger partial charge in [0.2, 0.25) is 0 Å². The van der Waals surface area contributed by atoms with Gasteiger partial charge in [-0.15, -0.1) is 23.5 Å². The summed E-state index contributed by atoms with van der Waals surface area (Å²) in [6.07, 6.45) is 1.63. The molecular weight excluding hydrogens is 444 g/mol. The van der Waals surface area contributed by atoms with Crippen LogP contribution in [0.3, 0.4) is 0 Å². The van der Waals surface area contributed by atoms with Crippen LogP contribution < -0.4 is 10.2 Å². The van der Waals surface area contributed by atoms with E-state index in [2.05, 4.69) is 34.8 Å². The van der Waals surface area contributed by atoms with Crippen LogP contribution in [0.15, 0.2) is 93.8 Å². The molecule has 1 aliphatic heterocycles. The van der Waals surface area contributed by atoms with Gasteiger partial charge in [0.1, 0.15) is 5.75 Å². The molecule has 0 spiro atoms. The molecule has 31 heavy (non-hydrogen) atoms. The molecule has 0 aromatic heterocycles. The Morgan fingerprint density at radius 3 is 2.35 bits per heavy atom. The topological polar surface area (TPSA) is 50.7 Å². The number of rotatable bonds is 8. The predicted molar refractivity (Wildman–Crippen MR) is 132 cm³/mol. The van der Waals surface area contributed by atoms with Crippen LogP contribution >= 0.6 is 35.3 Å². The van der Waals surface area contributed by atoms with Crippen molar-refractivity contribution >= 4 is 47.4 Å². The lowest BCUT2D eigenvalue weighted by Crippen LogP contribution is -2.24. The summed E-state index contributed by atoms with van der Waals surface area (Å²) in [6.45, 7) is -0.0731. The molecule has 0 radical (unpaired) electrons. The van der Waals surface area contributed by atoms with Crippen molar-refractivity contribution in [2.24, 2.45) is 5.10 Å². The lowest BCUT2D eigenvalue weighted by molar-refractivity contribution is -0.123. The molecule has 4 rings (SSSR count). The smallest absolute Gasteiger partial charge is 0.277 e. The van der Waals surface area contributed by atoms with Gasteiger partial charge in [-0.25, -0.2) is 5.43 Å². The van der Waals surface area contributed by atoms with E-state index in [4.69, 9.17) is 4.74 Å². The molecule has 1 amide bonds. The van der Waals surface area contributed by atoms with Crippen molar-refractivity contribution in [2.75, 3.05) is 18.1 Å². The zero-order chi connectivity index (χ0) is 21.3. The number of hydrogen-bond donors (Lipinski definition) is 1. The lowest BCUT2D eigenvalue weighted by Gasteiger charge is -2.10. The molecule has 158 valence electrons. The van der Waals surface area contributed by atoms with Gasteiger partial charge in [-0.1, -0.05) is 54.2 Å². The van der Waals surface area contributed by atoms with Crippen LogP contribution in [0.1, 0.15) is 15.7 Å². The number of thioether (sulfide) groups is 2. The number of carbonyl (C=O) groups is 1. The van der Waals surface area contributed by atoms with E-state index >= 15 is 0 Å². The Morgan fingerprint density at radius 2 is 1.65 bits per heavy atom. The van der Waals surface area contributed by atoms with Crippen LogP contribution in [0.2, 0.25) is 0 Å². The number of hydrazone groups is 1. The maximum Gasteiger partial charge on any atom is 0.277 e. The van der Waals surface area contributed by atoms with E-state index < -0.39 is 0 Å². The van der Waals surface area contributed by atoms with E-state index in [0.717, 1.165) is 10.5 Å². The number of ether oxygens (including phenoxy) is 1. The van der Waals surface area contributed by atoms with E-state index in [1.165, 1.54) is 22.0 Å². The van der Waals surface area contributed by atoms with Gasteiger partial charge >= 0.3 is 0 Å². The van der Waals surface area contributed by atoms with Gasteiger partial charge in [-0.05, 0) is 47.5 Å². The summed E-state index contributed by atoms with van der Waals surface area (Å²) in [6, 6.07) is 26.2. The zero-order valence-electron chi connectivity index (χ0n) is 16.8. The van der Waals surface area contributed by atoms with E-state index in [9.17, 15) is 4.79 Å². The lowest BCUT2D eigenvalue weighted by atomic mass is 10.2. The van der Waals surface area contributed by atoms with Crippen molar-refractivity contribution < 1.29 is 9.53 Å². The normalized spacial score (nSPS) is 14.1. The highest BCUT2D eigenvalue weighted by Crippen LogP contribution is 2.45. The molecule has 3 aromatic carbocycles. The average Bonchev–Trinajstić information content (AvgIpc) is 3.35. The monoisotopic (exact) mass is 466 g/mol. The fraction of sp³-hybridized carbons (Fsp3) is 0.167. The van der Waals surface area contributed by atoms with Crippen molar-refractivity contribution in [3.05, 3.63) is 90.0 Å². The Labute approximate surface area is 195 Å². The second-order valence-corrected chi connectivity index (χ2v) is 10.6. The highest BCUT2D eigenvalue weighted by Gasteiger charge is 2.17. The zero-order valence-corrected chi connectivity index (χ0v) is 19.2. The first-order chi connectivity index (χ1) is 15.3. The SMILES string of the molecule is O=C(COc1ccc(C2SCCS2)cc1)N/N=C\c1ccc(Sc2ccccc2)cc1. The van der Waals surface area contributed by atoms with Gasteiger partial charge in [-0.2, -0.15) is 5.10 Å². The standard InChI is InChI=1S/C24H22N2O2S3/c27-23(17-28-20-10-8-19(9-11-20)24-29-14-15-30-24)26-25-16-18-6-12-22(13-7-18)31-21-4-2-1-3-5-21/h1-13,16,24H,14-15,17H2,(H,26,27)/b25-16-. The van der Waals surface area contributed by atoms with E-state index in [1.807, 2.05) is 78.1 Å². The molecule has 3 aromatic rings. The van der Waals surface area contributed by atoms with Gasteiger partial charge in [-0.3, -0.25) is 4.79 Å². The van der Waals surface area contributed by atoms with E-state index in [1.54, 1.807) is 18.0 Å². The average molecular weight is 467 g/mol. The second-order valence-electron chi connectivity index (χ2n) is 6.71. The summed E-state index contributed by atoms with van der Waals surface area (Å²) in [4.78, 5) is 14.3. The fourth-order valence-electron chi connectivity index (χ4n) is 2.88. The Bertz CT molecular complexity index is 1000. The van der Waals surface area contributed by atoms with Crippen molar-refractivity contribution in [1.82, 2.24) is 5.43 Å². The summed E-state index contributed by atoms with van der Waals surface area (Å²) in [5.74, 6) is 2.79. The number of hydrogen-bond acceptors (Lipinski definition) is 6. The molecule has 1 N–H and O–H groups in total. The molecule has 1 saturated heterocycles. The van der Waals surface area contributed by atoms with Crippen LogP contribution in [0.25, 0.3) is 0 Å². The number of amides is 1. The van der Waals surface area contributed by atoms with Crippen LogP contribution in [-0.2, 0) is 4.79 Å². The predicted octanol–water partition coefficient (Wildman–Crippen LogP) is 5.85. The molecule has 0 atom stereocenters. The number of nitrogens with zero attached hydrogens (tertiary/aromatic N) is 1. The van der Waals surface area contributed by atoms with Crippen molar-refractivity contribution in [3.8, 4) is 5.75 Å². The number of benzene rings is 3. The Morgan fingerprint density at radius 1 is 0.968 bits per heavy atom. The first-order valence-corrected chi connectivity index (χ1v) is 12.8. The van der Waals surface area contributed by atoms with Crippen LogP contribution in [-0.4, -0.2) is 30.2 Å². The quantitative estimate of drug-likeness (QED) is 0.334. The summed E-state index contributed by atoms with van der Waals surface area (Å²) in [5, 5.41) is 4.02. The molecule has 7 heteroatoms. The Balaban J connectivity index is 1.20. The minimum Gasteiger partial charge on any atom is -0.484 e. The molecule has 1 fully saturated rings. The first-order valence-electron chi connectivity index (χ1n) is 9.87. The van der Waals surface area contributed by atoms with Crippen LogP contribution in [0, 0.1) is 0 Å². The number of nitrogens with one attached hydrogen (secondary N) is 1. The van der Waals surface area contributed by atoms with Crippen LogP contribution in [0.5, 0.6) is 5.75 Å². The molecule has 0 aliphatic carbocycles. The molecule has 1 heterocycles. The third-order valence-electron chi connectivity index (χ3n) is 4.41. The van der Waals surface area contributed by atoms with E-state index in [-0.39, 0.29) is 12.5 Å². The highest BCUT2D eigenvalue weighted by atomic mass is 32.2. The largest absolute Gasteiger partial charge is 0.484 e. The molecular formula is C24H22N2O2S3. The van der Waals surface area contributed by atoms with Crippen LogP contribution in [0.4, 0.5) is 0 Å². The minimum absolute atomic E-state index is 0.0731. The molecule has 0 saturated carbocycles. The van der Waals surface area contributed by atoms with Gasteiger partial charge in [0, 0.05) is 21.3 Å². The maximum absolute atomic E-state index is 12.0. The molecule has 0 unspecified atom stereocenters. The fourth-order valence-corrected chi connectivity index (χ4v) is 6.58. The number of carbonyl (C=O) groups excluding carboxylic acids is 1. The van der Waals surface area contributed by atoms with Gasteiger partial charge in [0.05, 0.1) is 10.8 Å². The summed E-state index contributed by atoms with van der Waals surface area (Å²) >= 11 is 5.64. The Kier molecular flexibility index (Phi) is 7.98. The van der Waals surface area contributed by atoms with Crippen molar-refractivity contribution in [2.45, 2.75) is 14.4 Å². The molecule has 4 nitrogen and oxygen atoms in total. The minimum atomic E-state index is -0.293. The van der Waals surface area contributed by atoms with Gasteiger partial charge in [0.15, 0.2) is 6.61 Å². The Hall–Kier alpha value is -2.35. The van der Waals surface area contributed by atoms with E-state index in [0.29, 0.717) is 10.3 Å². The highest BCUT2D eigenvalue weighted by molar-refractivity contribution is 8.19. The molecule has 1 aliphatic rings. The van der Waals surface area contributed by atoms with Gasteiger partial charge < -0.3 is 4.74 Å². The second kappa shape index (κ2) is 11.3. The summed E-state index contributed by atoms with van der Waals surface area (Å²) < 4.78 is 6.07. The third kappa shape index (κ3) is 6.82. The maximum atomic E-state index is 12.0. The first kappa shape index (κ1) is 21.9. The van der Waals surface area contributed by atoms with Crippen molar-refractivity contribution in [1.29, 1.82) is 0 Å². The van der Waals surface area contributed by atoms with Crippen molar-refractivity contribution in [3.63, 3.8) is 0 Å². The van der Waals surface area contributed by atoms with Gasteiger partial charge in [0.25, 0.3) is 5.91 Å². The molecule has 0 bridgehead atoms. The summed E-state index contributed by atoms with van der Waals surface area (Å²) in [7, 11) is 0. The third-order valence-corrected chi connectivity index (χ3v) is 8.53. The summed E-state index contributed by atoms with van der Waals surface area (Å²) in [5.41, 5.74) is 4.71.